The van der Waals surface area contributed by atoms with Crippen molar-refractivity contribution < 1.29 is 11.0 Å². The Balaban J connectivity index is 0.00000240. The van der Waals surface area contributed by atoms with Gasteiger partial charge in [0, 0.05) is 12.0 Å². The van der Waals surface area contributed by atoms with Gasteiger partial charge >= 0.3 is 0 Å². The summed E-state index contributed by atoms with van der Waals surface area (Å²) in [5.74, 6) is 1.29. The Morgan fingerprint density at radius 3 is 2.46 bits per heavy atom. The number of halogens is 1. The monoisotopic (exact) mass is 394 g/mol. The highest BCUT2D eigenvalue weighted by Gasteiger charge is 2.51. The molecule has 5 heteroatoms. The Bertz CT molecular complexity index is 1030. The number of nitrogens with one attached hydrogen (secondary N) is 1. The van der Waals surface area contributed by atoms with Crippen LogP contribution in [0.25, 0.3) is 11.3 Å². The fraction of sp³-hybridized carbons (Fsp3) is 0.217. The van der Waals surface area contributed by atoms with Crippen LogP contribution in [-0.4, -0.2) is 18.0 Å². The zero-order valence-corrected chi connectivity index (χ0v) is 16.6. The summed E-state index contributed by atoms with van der Waals surface area (Å²) in [5, 5.41) is 3.64. The van der Waals surface area contributed by atoms with E-state index in [0.29, 0.717) is 10.8 Å². The van der Waals surface area contributed by atoms with Crippen LogP contribution in [0.4, 0.5) is 5.82 Å². The van der Waals surface area contributed by atoms with E-state index in [1.165, 1.54) is 0 Å². The van der Waals surface area contributed by atoms with Crippen LogP contribution in [-0.2, 0) is 10.2 Å². The Morgan fingerprint density at radius 2 is 1.82 bits per heavy atom. The van der Waals surface area contributed by atoms with E-state index in [2.05, 4.69) is 10.3 Å². The molecule has 28 heavy (non-hydrogen) atoms. The molecule has 0 bridgehead atoms. The number of pyridine rings is 1. The number of benzene rings is 2. The van der Waals surface area contributed by atoms with E-state index >= 15 is 0 Å². The van der Waals surface area contributed by atoms with Crippen LogP contribution in [0.3, 0.4) is 0 Å². The van der Waals surface area contributed by atoms with Gasteiger partial charge in [-0.3, -0.25) is 4.79 Å². The van der Waals surface area contributed by atoms with E-state index in [9.17, 15) is 4.79 Å². The molecule has 1 aliphatic rings. The Kier molecular flexibility index (Phi) is 4.82. The van der Waals surface area contributed by atoms with Crippen molar-refractivity contribution in [3.8, 4) is 17.0 Å². The van der Waals surface area contributed by atoms with Crippen LogP contribution < -0.4 is 10.1 Å². The van der Waals surface area contributed by atoms with E-state index < -0.39 is 5.41 Å². The van der Waals surface area contributed by atoms with Crippen LogP contribution in [0, 0.1) is 6.92 Å². The van der Waals surface area contributed by atoms with Gasteiger partial charge in [-0.2, -0.15) is 0 Å². The molecule has 1 saturated carbocycles. The molecule has 0 spiro atoms. The predicted molar refractivity (Wildman–Crippen MR) is 114 cm³/mol. The number of hydrogen-bond acceptors (Lipinski definition) is 3. The van der Waals surface area contributed by atoms with Gasteiger partial charge in [-0.15, -0.1) is 0 Å². The van der Waals surface area contributed by atoms with E-state index in [1.54, 1.807) is 7.11 Å². The fourth-order valence-corrected chi connectivity index (χ4v) is 3.67. The smallest absolute Gasteiger partial charge is 0.236 e. The molecule has 0 radical (unpaired) electrons. The molecular weight excluding hydrogens is 372 g/mol. The average molecular weight is 395 g/mol. The van der Waals surface area contributed by atoms with Crippen LogP contribution in [0.15, 0.2) is 60.7 Å². The summed E-state index contributed by atoms with van der Waals surface area (Å²) in [5.41, 5.74) is 3.15. The lowest BCUT2D eigenvalue weighted by Gasteiger charge is -2.17. The number of methoxy groups -OCH3 is 1. The number of aromatic nitrogens is 1. The number of anilines is 1. The molecule has 0 saturated heterocycles. The zero-order valence-electron chi connectivity index (χ0n) is 15.8. The zero-order chi connectivity index (χ0) is 19.7. The fourth-order valence-electron chi connectivity index (χ4n) is 3.44. The lowest BCUT2D eigenvalue weighted by atomic mass is 9.95. The molecule has 0 aliphatic heterocycles. The first-order valence-corrected chi connectivity index (χ1v) is 9.60. The Morgan fingerprint density at radius 1 is 1.11 bits per heavy atom. The number of carbonyl (C=O) groups is 1. The first kappa shape index (κ1) is 18.5. The summed E-state index contributed by atoms with van der Waals surface area (Å²) < 4.78 is 5.21. The van der Waals surface area contributed by atoms with E-state index in [4.69, 9.17) is 16.3 Å². The van der Waals surface area contributed by atoms with Gasteiger partial charge in [-0.05, 0) is 55.2 Å². The summed E-state index contributed by atoms with van der Waals surface area (Å²) >= 11 is 6.34. The second-order valence-corrected chi connectivity index (χ2v) is 7.51. The minimum absolute atomic E-state index is 0. The van der Waals surface area contributed by atoms with Gasteiger partial charge in [0.25, 0.3) is 0 Å². The summed E-state index contributed by atoms with van der Waals surface area (Å²) in [6.45, 7) is 1.98. The van der Waals surface area contributed by atoms with Gasteiger partial charge in [-0.25, -0.2) is 4.98 Å². The maximum Gasteiger partial charge on any atom is 0.236 e. The van der Waals surface area contributed by atoms with Crippen molar-refractivity contribution in [1.29, 1.82) is 0 Å². The third-order valence-electron chi connectivity index (χ3n) is 5.29. The first-order valence-electron chi connectivity index (χ1n) is 9.22. The Labute approximate surface area is 171 Å². The molecule has 0 unspecified atom stereocenters. The summed E-state index contributed by atoms with van der Waals surface area (Å²) in [6.07, 6.45) is 1.66. The highest BCUT2D eigenvalue weighted by atomic mass is 35.5. The van der Waals surface area contributed by atoms with Gasteiger partial charge in [0.05, 0.1) is 18.2 Å². The topological polar surface area (TPSA) is 51.2 Å². The number of rotatable bonds is 5. The largest absolute Gasteiger partial charge is 0.497 e. The molecule has 3 aromatic rings. The van der Waals surface area contributed by atoms with Crippen molar-refractivity contribution in [1.82, 2.24) is 4.98 Å². The van der Waals surface area contributed by atoms with E-state index in [0.717, 1.165) is 41.0 Å². The standard InChI is InChI=1S/C23H21ClN2O2.H2/c1-15-7-12-20(25-21(15)18-5-3-4-6-19(18)24)26-22(27)23(13-14-23)16-8-10-17(28-2)11-9-16;/h3-12H,13-14H2,1-2H3,(H,25,26,27);1H. The van der Waals surface area contributed by atoms with Gasteiger partial charge in [0.2, 0.25) is 5.91 Å². The average Bonchev–Trinajstić information content (AvgIpc) is 3.52. The predicted octanol–water partition coefficient (Wildman–Crippen LogP) is 5.64. The van der Waals surface area contributed by atoms with Crippen molar-refractivity contribution in [3.05, 3.63) is 76.8 Å². The number of hydrogen-bond donors (Lipinski definition) is 1. The maximum absolute atomic E-state index is 13.0. The quantitative estimate of drug-likeness (QED) is 0.609. The van der Waals surface area contributed by atoms with Crippen LogP contribution >= 0.6 is 11.6 Å². The third kappa shape index (κ3) is 3.36. The molecule has 1 heterocycles. The number of nitrogens with zero attached hydrogens (tertiary/aromatic N) is 1. The lowest BCUT2D eigenvalue weighted by Crippen LogP contribution is -2.28. The van der Waals surface area contributed by atoms with Crippen molar-refractivity contribution in [2.24, 2.45) is 0 Å². The second-order valence-electron chi connectivity index (χ2n) is 7.11. The summed E-state index contributed by atoms with van der Waals surface area (Å²) in [7, 11) is 1.63. The Hall–Kier alpha value is -2.85. The second kappa shape index (κ2) is 7.28. The van der Waals surface area contributed by atoms with Crippen LogP contribution in [0.1, 0.15) is 25.4 Å². The lowest BCUT2D eigenvalue weighted by molar-refractivity contribution is -0.118. The van der Waals surface area contributed by atoms with Gasteiger partial charge in [0.15, 0.2) is 0 Å². The number of carbonyl (C=O) groups excluding carboxylic acids is 1. The number of amides is 1. The van der Waals surface area contributed by atoms with Crippen LogP contribution in [0.5, 0.6) is 5.75 Å². The molecular formula is C23H23ClN2O2. The van der Waals surface area contributed by atoms with Crippen molar-refractivity contribution in [3.63, 3.8) is 0 Å². The van der Waals surface area contributed by atoms with Crippen molar-refractivity contribution in [2.75, 3.05) is 12.4 Å². The van der Waals surface area contributed by atoms with Crippen molar-refractivity contribution in [2.45, 2.75) is 25.2 Å². The number of ether oxygens (including phenoxy) is 1. The molecule has 1 fully saturated rings. The molecule has 2 aromatic carbocycles. The summed E-state index contributed by atoms with van der Waals surface area (Å²) in [6, 6.07) is 19.1. The molecule has 0 atom stereocenters. The minimum atomic E-state index is -0.483. The molecule has 1 aliphatic carbocycles. The first-order chi connectivity index (χ1) is 13.5. The molecule has 144 valence electrons. The van der Waals surface area contributed by atoms with E-state index in [1.807, 2.05) is 67.6 Å². The van der Waals surface area contributed by atoms with Gasteiger partial charge in [0.1, 0.15) is 11.6 Å². The van der Waals surface area contributed by atoms with Crippen molar-refractivity contribution >= 4 is 23.3 Å². The third-order valence-corrected chi connectivity index (χ3v) is 5.62. The molecule has 4 nitrogen and oxygen atoms in total. The summed E-state index contributed by atoms with van der Waals surface area (Å²) in [4.78, 5) is 17.7. The number of aryl methyl sites for hydroxylation is 1. The normalized spacial score (nSPS) is 14.4. The SMILES string of the molecule is COc1ccc(C2(C(=O)Nc3ccc(C)c(-c4ccccc4Cl)n3)CC2)cc1.[HH]. The molecule has 1 aromatic heterocycles. The molecule has 1 amide bonds. The molecule has 4 rings (SSSR count). The molecule has 1 N–H and O–H groups in total. The van der Waals surface area contributed by atoms with Crippen LogP contribution in [0.2, 0.25) is 5.02 Å². The van der Waals surface area contributed by atoms with Gasteiger partial charge in [-0.1, -0.05) is 48.0 Å². The highest BCUT2D eigenvalue weighted by Crippen LogP contribution is 2.49. The maximum atomic E-state index is 13.0. The highest BCUT2D eigenvalue weighted by molar-refractivity contribution is 6.33. The minimum Gasteiger partial charge on any atom is -0.497 e. The van der Waals surface area contributed by atoms with Gasteiger partial charge < -0.3 is 10.1 Å². The van der Waals surface area contributed by atoms with E-state index in [-0.39, 0.29) is 7.33 Å².